The molecule has 132 valence electrons. The van der Waals surface area contributed by atoms with Crippen molar-refractivity contribution >= 4 is 29.9 Å². The SMILES string of the molecule is CCCCN(C)C(=NC)NCCCOc1cccc(OC)c1.I. The normalized spacial score (nSPS) is 10.7. The maximum Gasteiger partial charge on any atom is 0.193 e. The van der Waals surface area contributed by atoms with Crippen molar-refractivity contribution in [3.63, 3.8) is 0 Å². The molecule has 0 aliphatic heterocycles. The molecule has 1 aromatic rings. The number of hydrogen-bond acceptors (Lipinski definition) is 3. The molecule has 0 aliphatic rings. The summed E-state index contributed by atoms with van der Waals surface area (Å²) < 4.78 is 10.9. The van der Waals surface area contributed by atoms with Crippen LogP contribution in [0, 0.1) is 0 Å². The van der Waals surface area contributed by atoms with E-state index in [4.69, 9.17) is 9.47 Å². The molecular formula is C17H30IN3O2. The van der Waals surface area contributed by atoms with E-state index in [1.54, 1.807) is 7.11 Å². The Kier molecular flexibility index (Phi) is 12.6. The molecule has 0 radical (unpaired) electrons. The number of halogens is 1. The summed E-state index contributed by atoms with van der Waals surface area (Å²) in [5, 5.41) is 3.36. The molecule has 0 aliphatic carbocycles. The van der Waals surface area contributed by atoms with Crippen LogP contribution in [0.5, 0.6) is 11.5 Å². The Morgan fingerprint density at radius 2 is 2.00 bits per heavy atom. The van der Waals surface area contributed by atoms with Gasteiger partial charge in [-0.3, -0.25) is 4.99 Å². The first-order chi connectivity index (χ1) is 10.7. The van der Waals surface area contributed by atoms with Crippen LogP contribution >= 0.6 is 24.0 Å². The molecule has 0 saturated carbocycles. The van der Waals surface area contributed by atoms with Gasteiger partial charge in [-0.15, -0.1) is 24.0 Å². The van der Waals surface area contributed by atoms with Crippen LogP contribution in [-0.2, 0) is 0 Å². The molecule has 1 aromatic carbocycles. The highest BCUT2D eigenvalue weighted by Gasteiger charge is 2.04. The second kappa shape index (κ2) is 13.3. The van der Waals surface area contributed by atoms with Gasteiger partial charge in [0.1, 0.15) is 11.5 Å². The van der Waals surface area contributed by atoms with Crippen LogP contribution in [-0.4, -0.2) is 51.8 Å². The minimum absolute atomic E-state index is 0. The predicted molar refractivity (Wildman–Crippen MR) is 107 cm³/mol. The van der Waals surface area contributed by atoms with Crippen molar-refractivity contribution in [3.05, 3.63) is 24.3 Å². The van der Waals surface area contributed by atoms with Gasteiger partial charge in [0.15, 0.2) is 5.96 Å². The summed E-state index contributed by atoms with van der Waals surface area (Å²) in [5.41, 5.74) is 0. The van der Waals surface area contributed by atoms with Crippen LogP contribution in [0.15, 0.2) is 29.3 Å². The number of unbranched alkanes of at least 4 members (excludes halogenated alkanes) is 1. The molecule has 23 heavy (non-hydrogen) atoms. The fourth-order valence-corrected chi connectivity index (χ4v) is 2.04. The quantitative estimate of drug-likeness (QED) is 0.280. The highest BCUT2D eigenvalue weighted by Crippen LogP contribution is 2.18. The average molecular weight is 435 g/mol. The van der Waals surface area contributed by atoms with E-state index in [1.807, 2.05) is 31.3 Å². The van der Waals surface area contributed by atoms with E-state index >= 15 is 0 Å². The molecule has 0 atom stereocenters. The predicted octanol–water partition coefficient (Wildman–Crippen LogP) is 3.39. The summed E-state index contributed by atoms with van der Waals surface area (Å²) in [4.78, 5) is 6.45. The number of benzene rings is 1. The Bertz CT molecular complexity index is 455. The number of guanidine groups is 1. The lowest BCUT2D eigenvalue weighted by Crippen LogP contribution is -2.40. The Labute approximate surface area is 157 Å². The maximum atomic E-state index is 5.72. The van der Waals surface area contributed by atoms with Gasteiger partial charge >= 0.3 is 0 Å². The molecular weight excluding hydrogens is 405 g/mol. The van der Waals surface area contributed by atoms with E-state index < -0.39 is 0 Å². The van der Waals surface area contributed by atoms with Crippen LogP contribution in [0.2, 0.25) is 0 Å². The first-order valence-corrected chi connectivity index (χ1v) is 7.90. The van der Waals surface area contributed by atoms with Crippen molar-refractivity contribution in [2.45, 2.75) is 26.2 Å². The van der Waals surface area contributed by atoms with E-state index in [-0.39, 0.29) is 24.0 Å². The molecule has 0 fully saturated rings. The zero-order chi connectivity index (χ0) is 16.2. The third kappa shape index (κ3) is 8.88. The van der Waals surface area contributed by atoms with Gasteiger partial charge in [-0.1, -0.05) is 19.4 Å². The van der Waals surface area contributed by atoms with Crippen molar-refractivity contribution in [3.8, 4) is 11.5 Å². The minimum Gasteiger partial charge on any atom is -0.497 e. The van der Waals surface area contributed by atoms with Crippen LogP contribution in [0.25, 0.3) is 0 Å². The summed E-state index contributed by atoms with van der Waals surface area (Å²) in [6, 6.07) is 7.67. The molecule has 5 nitrogen and oxygen atoms in total. The second-order valence-electron chi connectivity index (χ2n) is 5.13. The van der Waals surface area contributed by atoms with Gasteiger partial charge in [0.25, 0.3) is 0 Å². The molecule has 0 unspecified atom stereocenters. The van der Waals surface area contributed by atoms with E-state index in [0.29, 0.717) is 6.61 Å². The second-order valence-corrected chi connectivity index (χ2v) is 5.13. The minimum atomic E-state index is 0. The molecule has 1 rings (SSSR count). The van der Waals surface area contributed by atoms with E-state index in [1.165, 1.54) is 12.8 Å². The Hall–Kier alpha value is -1.18. The lowest BCUT2D eigenvalue weighted by Gasteiger charge is -2.21. The number of nitrogens with one attached hydrogen (secondary N) is 1. The first kappa shape index (κ1) is 21.8. The van der Waals surface area contributed by atoms with Crippen molar-refractivity contribution in [2.24, 2.45) is 4.99 Å². The zero-order valence-electron chi connectivity index (χ0n) is 14.7. The maximum absolute atomic E-state index is 5.72. The lowest BCUT2D eigenvalue weighted by molar-refractivity contribution is 0.307. The van der Waals surface area contributed by atoms with E-state index in [9.17, 15) is 0 Å². The third-order valence-corrected chi connectivity index (χ3v) is 3.33. The smallest absolute Gasteiger partial charge is 0.193 e. The highest BCUT2D eigenvalue weighted by atomic mass is 127. The molecule has 0 bridgehead atoms. The highest BCUT2D eigenvalue weighted by molar-refractivity contribution is 14.0. The van der Waals surface area contributed by atoms with E-state index in [2.05, 4.69) is 29.2 Å². The van der Waals surface area contributed by atoms with Gasteiger partial charge in [-0.25, -0.2) is 0 Å². The first-order valence-electron chi connectivity index (χ1n) is 7.90. The topological polar surface area (TPSA) is 46.1 Å². The van der Waals surface area contributed by atoms with Crippen LogP contribution in [0.3, 0.4) is 0 Å². The van der Waals surface area contributed by atoms with Gasteiger partial charge < -0.3 is 19.7 Å². The molecule has 6 heteroatoms. The Morgan fingerprint density at radius 1 is 1.26 bits per heavy atom. The fraction of sp³-hybridized carbons (Fsp3) is 0.588. The van der Waals surface area contributed by atoms with Crippen molar-refractivity contribution in [1.29, 1.82) is 0 Å². The van der Waals surface area contributed by atoms with E-state index in [0.717, 1.165) is 37.0 Å². The van der Waals surface area contributed by atoms with Gasteiger partial charge in [0.05, 0.1) is 13.7 Å². The summed E-state index contributed by atoms with van der Waals surface area (Å²) in [7, 11) is 5.54. The monoisotopic (exact) mass is 435 g/mol. The van der Waals surface area contributed by atoms with Crippen LogP contribution in [0.4, 0.5) is 0 Å². The van der Waals surface area contributed by atoms with Gasteiger partial charge in [-0.2, -0.15) is 0 Å². The molecule has 0 amide bonds. The van der Waals surface area contributed by atoms with Crippen molar-refractivity contribution in [1.82, 2.24) is 10.2 Å². The third-order valence-electron chi connectivity index (χ3n) is 3.33. The van der Waals surface area contributed by atoms with Crippen LogP contribution < -0.4 is 14.8 Å². The summed E-state index contributed by atoms with van der Waals surface area (Å²) in [6.07, 6.45) is 3.28. The van der Waals surface area contributed by atoms with Gasteiger partial charge in [0.2, 0.25) is 0 Å². The fourth-order valence-electron chi connectivity index (χ4n) is 2.04. The number of rotatable bonds is 9. The Morgan fingerprint density at radius 3 is 2.65 bits per heavy atom. The molecule has 0 saturated heterocycles. The largest absolute Gasteiger partial charge is 0.497 e. The Balaban J connectivity index is 0.00000484. The number of ether oxygens (including phenoxy) is 2. The average Bonchev–Trinajstić information content (AvgIpc) is 2.56. The standard InChI is InChI=1S/C17H29N3O2.HI/c1-5-6-12-20(3)17(18-2)19-11-8-13-22-16-10-7-9-15(14-16)21-4;/h7,9-10,14H,5-6,8,11-13H2,1-4H3,(H,18,19);1H. The summed E-state index contributed by atoms with van der Waals surface area (Å²) >= 11 is 0. The summed E-state index contributed by atoms with van der Waals surface area (Å²) in [5.74, 6) is 2.59. The van der Waals surface area contributed by atoms with Crippen molar-refractivity contribution < 1.29 is 9.47 Å². The molecule has 1 N–H and O–H groups in total. The zero-order valence-corrected chi connectivity index (χ0v) is 17.0. The molecule has 0 spiro atoms. The lowest BCUT2D eigenvalue weighted by atomic mass is 10.3. The van der Waals surface area contributed by atoms with Crippen molar-refractivity contribution in [2.75, 3.05) is 40.9 Å². The van der Waals surface area contributed by atoms with Gasteiger partial charge in [-0.05, 0) is 25.0 Å². The van der Waals surface area contributed by atoms with Crippen LogP contribution in [0.1, 0.15) is 26.2 Å². The number of methoxy groups -OCH3 is 1. The van der Waals surface area contributed by atoms with Gasteiger partial charge in [0, 0.05) is 33.3 Å². The number of hydrogen-bond donors (Lipinski definition) is 1. The number of aliphatic imine (C=N–C) groups is 1. The molecule has 0 heterocycles. The number of nitrogens with zero attached hydrogens (tertiary/aromatic N) is 2. The summed E-state index contributed by atoms with van der Waals surface area (Å²) in [6.45, 7) is 4.72. The molecule has 0 aromatic heterocycles.